The number of thioether (sulfide) groups is 1. The standard InChI is InChI=1S/C23H21N3O5S/c1-3-21-25-26-23(31-21)32-20(22(27)28)12-15-9-10-18(19(11-15)29-4-2)30-14-17-8-6-5-7-16(17)13-24/h5-12H,3-4,14H2,1-2H3,(H,27,28)/b20-12-. The summed E-state index contributed by atoms with van der Waals surface area (Å²) in [7, 11) is 0. The van der Waals surface area contributed by atoms with Gasteiger partial charge in [0.2, 0.25) is 5.89 Å². The molecule has 1 N–H and O–H groups in total. The van der Waals surface area contributed by atoms with Gasteiger partial charge in [0.1, 0.15) is 11.5 Å². The summed E-state index contributed by atoms with van der Waals surface area (Å²) in [5.41, 5.74) is 1.91. The molecule has 3 aromatic rings. The van der Waals surface area contributed by atoms with Crippen molar-refractivity contribution in [1.82, 2.24) is 10.2 Å². The number of hydrogen-bond donors (Lipinski definition) is 1. The molecule has 0 aliphatic carbocycles. The average molecular weight is 452 g/mol. The highest BCUT2D eigenvalue weighted by Crippen LogP contribution is 2.33. The van der Waals surface area contributed by atoms with Crippen molar-refractivity contribution in [2.24, 2.45) is 0 Å². The lowest BCUT2D eigenvalue weighted by Gasteiger charge is -2.13. The van der Waals surface area contributed by atoms with Gasteiger partial charge in [-0.15, -0.1) is 10.2 Å². The summed E-state index contributed by atoms with van der Waals surface area (Å²) in [5.74, 6) is 0.287. The van der Waals surface area contributed by atoms with Crippen LogP contribution in [-0.4, -0.2) is 27.9 Å². The Morgan fingerprint density at radius 2 is 2.00 bits per heavy atom. The molecule has 0 atom stereocenters. The van der Waals surface area contributed by atoms with Crippen LogP contribution in [0.3, 0.4) is 0 Å². The van der Waals surface area contributed by atoms with Crippen LogP contribution in [0.4, 0.5) is 0 Å². The summed E-state index contributed by atoms with van der Waals surface area (Å²) in [6, 6.07) is 14.5. The van der Waals surface area contributed by atoms with Gasteiger partial charge in [-0.25, -0.2) is 4.79 Å². The van der Waals surface area contributed by atoms with Gasteiger partial charge in [-0.05, 0) is 48.5 Å². The fourth-order valence-electron chi connectivity index (χ4n) is 2.72. The van der Waals surface area contributed by atoms with E-state index in [1.165, 1.54) is 6.08 Å². The second kappa shape index (κ2) is 11.0. The number of aryl methyl sites for hydroxylation is 1. The number of benzene rings is 2. The van der Waals surface area contributed by atoms with E-state index in [4.69, 9.17) is 13.9 Å². The molecular formula is C23H21N3O5S. The highest BCUT2D eigenvalue weighted by atomic mass is 32.2. The third kappa shape index (κ3) is 5.89. The molecule has 0 saturated heterocycles. The van der Waals surface area contributed by atoms with Crippen LogP contribution in [0.15, 0.2) is 57.0 Å². The predicted octanol–water partition coefficient (Wildman–Crippen LogP) is 4.70. The molecule has 1 aromatic heterocycles. The summed E-state index contributed by atoms with van der Waals surface area (Å²) in [4.78, 5) is 11.7. The second-order valence-electron chi connectivity index (χ2n) is 6.43. The number of hydrogen-bond acceptors (Lipinski definition) is 8. The molecule has 0 bridgehead atoms. The molecule has 9 heteroatoms. The molecule has 1 heterocycles. The summed E-state index contributed by atoms with van der Waals surface area (Å²) >= 11 is 0.881. The van der Waals surface area contributed by atoms with Crippen molar-refractivity contribution in [1.29, 1.82) is 5.26 Å². The zero-order valence-corrected chi connectivity index (χ0v) is 18.4. The van der Waals surface area contributed by atoms with Crippen LogP contribution in [-0.2, 0) is 17.8 Å². The zero-order chi connectivity index (χ0) is 22.9. The Labute approximate surface area is 189 Å². The van der Waals surface area contributed by atoms with Crippen LogP contribution in [0.5, 0.6) is 11.5 Å². The van der Waals surface area contributed by atoms with Gasteiger partial charge in [-0.1, -0.05) is 31.2 Å². The summed E-state index contributed by atoms with van der Waals surface area (Å²) in [6.07, 6.45) is 2.07. The van der Waals surface area contributed by atoms with Crippen molar-refractivity contribution in [3.8, 4) is 17.6 Å². The first kappa shape index (κ1) is 22.9. The van der Waals surface area contributed by atoms with Crippen molar-refractivity contribution >= 4 is 23.8 Å². The number of carboxylic acid groups (broad SMARTS) is 1. The van der Waals surface area contributed by atoms with Gasteiger partial charge in [0, 0.05) is 12.0 Å². The van der Waals surface area contributed by atoms with E-state index in [-0.39, 0.29) is 16.7 Å². The number of aliphatic carboxylic acids is 1. The van der Waals surface area contributed by atoms with E-state index in [9.17, 15) is 15.2 Å². The normalized spacial score (nSPS) is 11.1. The van der Waals surface area contributed by atoms with E-state index < -0.39 is 5.97 Å². The molecule has 3 rings (SSSR count). The number of nitriles is 1. The Kier molecular flexibility index (Phi) is 7.89. The Morgan fingerprint density at radius 1 is 1.19 bits per heavy atom. The molecule has 8 nitrogen and oxygen atoms in total. The fourth-order valence-corrected chi connectivity index (χ4v) is 3.41. The van der Waals surface area contributed by atoms with Crippen LogP contribution in [0, 0.1) is 11.3 Å². The predicted molar refractivity (Wildman–Crippen MR) is 118 cm³/mol. The highest BCUT2D eigenvalue weighted by Gasteiger charge is 2.16. The Hall–Kier alpha value is -3.77. The maximum Gasteiger partial charge on any atom is 0.342 e. The first-order valence-electron chi connectivity index (χ1n) is 9.86. The van der Waals surface area contributed by atoms with Gasteiger partial charge >= 0.3 is 5.97 Å². The maximum absolute atomic E-state index is 11.7. The summed E-state index contributed by atoms with van der Waals surface area (Å²) in [5, 5.41) is 26.7. The van der Waals surface area contributed by atoms with Crippen LogP contribution in [0.1, 0.15) is 36.4 Å². The SMILES string of the molecule is CCOc1cc(/C=C(\Sc2nnc(CC)o2)C(=O)O)ccc1OCc1ccccc1C#N. The van der Waals surface area contributed by atoms with Gasteiger partial charge in [-0.2, -0.15) is 5.26 Å². The lowest BCUT2D eigenvalue weighted by atomic mass is 10.1. The molecule has 0 fully saturated rings. The first-order chi connectivity index (χ1) is 15.5. The monoisotopic (exact) mass is 451 g/mol. The quantitative estimate of drug-likeness (QED) is 0.345. The second-order valence-corrected chi connectivity index (χ2v) is 7.42. The summed E-state index contributed by atoms with van der Waals surface area (Å²) in [6.45, 7) is 4.32. The molecule has 0 spiro atoms. The van der Waals surface area contributed by atoms with Crippen molar-refractivity contribution in [3.63, 3.8) is 0 Å². The minimum atomic E-state index is -1.11. The lowest BCUT2D eigenvalue weighted by molar-refractivity contribution is -0.131. The van der Waals surface area contributed by atoms with Crippen LogP contribution >= 0.6 is 11.8 Å². The molecular weight excluding hydrogens is 430 g/mol. The van der Waals surface area contributed by atoms with Gasteiger partial charge in [0.25, 0.3) is 5.22 Å². The lowest BCUT2D eigenvalue weighted by Crippen LogP contribution is -2.02. The third-order valence-electron chi connectivity index (χ3n) is 4.25. The Bertz CT molecular complexity index is 1170. The molecule has 0 radical (unpaired) electrons. The van der Waals surface area contributed by atoms with Crippen molar-refractivity contribution < 1.29 is 23.8 Å². The molecule has 0 amide bonds. The number of ether oxygens (including phenoxy) is 2. The fraction of sp³-hybridized carbons (Fsp3) is 0.217. The van der Waals surface area contributed by atoms with E-state index in [0.29, 0.717) is 41.5 Å². The van der Waals surface area contributed by atoms with E-state index in [2.05, 4.69) is 16.3 Å². The first-order valence-corrected chi connectivity index (χ1v) is 10.7. The minimum Gasteiger partial charge on any atom is -0.490 e. The molecule has 32 heavy (non-hydrogen) atoms. The number of carbonyl (C=O) groups is 1. The van der Waals surface area contributed by atoms with Gasteiger partial charge in [0.15, 0.2) is 11.5 Å². The molecule has 0 aliphatic heterocycles. The largest absolute Gasteiger partial charge is 0.490 e. The van der Waals surface area contributed by atoms with Crippen LogP contribution < -0.4 is 9.47 Å². The summed E-state index contributed by atoms with van der Waals surface area (Å²) < 4.78 is 17.0. The number of nitrogens with zero attached hydrogens (tertiary/aromatic N) is 3. The molecule has 0 saturated carbocycles. The van der Waals surface area contributed by atoms with Gasteiger partial charge in [0.05, 0.1) is 18.2 Å². The number of aromatic nitrogens is 2. The average Bonchev–Trinajstić information content (AvgIpc) is 3.26. The third-order valence-corrected chi connectivity index (χ3v) is 5.10. The number of carboxylic acids is 1. The van der Waals surface area contributed by atoms with E-state index in [0.717, 1.165) is 17.3 Å². The van der Waals surface area contributed by atoms with Crippen LogP contribution in [0.2, 0.25) is 0 Å². The molecule has 164 valence electrons. The Morgan fingerprint density at radius 3 is 2.69 bits per heavy atom. The van der Waals surface area contributed by atoms with Crippen LogP contribution in [0.25, 0.3) is 6.08 Å². The smallest absolute Gasteiger partial charge is 0.342 e. The minimum absolute atomic E-state index is 0.0235. The van der Waals surface area contributed by atoms with E-state index >= 15 is 0 Å². The topological polar surface area (TPSA) is 118 Å². The van der Waals surface area contributed by atoms with E-state index in [1.807, 2.05) is 26.0 Å². The maximum atomic E-state index is 11.7. The highest BCUT2D eigenvalue weighted by molar-refractivity contribution is 8.03. The zero-order valence-electron chi connectivity index (χ0n) is 17.6. The van der Waals surface area contributed by atoms with E-state index in [1.54, 1.807) is 30.3 Å². The van der Waals surface area contributed by atoms with Crippen molar-refractivity contribution in [2.45, 2.75) is 32.1 Å². The Balaban J connectivity index is 1.83. The van der Waals surface area contributed by atoms with Gasteiger partial charge in [-0.3, -0.25) is 0 Å². The molecule has 2 aromatic carbocycles. The van der Waals surface area contributed by atoms with Gasteiger partial charge < -0.3 is 19.0 Å². The van der Waals surface area contributed by atoms with Crippen molar-refractivity contribution in [2.75, 3.05) is 6.61 Å². The molecule has 0 aliphatic rings. The molecule has 0 unspecified atom stereocenters. The van der Waals surface area contributed by atoms with Crippen molar-refractivity contribution in [3.05, 3.63) is 70.0 Å². The number of rotatable bonds is 10.